The van der Waals surface area contributed by atoms with Crippen LogP contribution in [0.3, 0.4) is 0 Å². The number of aliphatic hydroxyl groups excluding tert-OH is 1. The van der Waals surface area contributed by atoms with Gasteiger partial charge in [0.1, 0.15) is 5.82 Å². The molecule has 48 heavy (non-hydrogen) atoms. The van der Waals surface area contributed by atoms with Crippen molar-refractivity contribution in [3.05, 3.63) is 112 Å². The van der Waals surface area contributed by atoms with Gasteiger partial charge in [-0.3, -0.25) is 14.4 Å². The quantitative estimate of drug-likeness (QED) is 0.181. The molecule has 9 nitrogen and oxygen atoms in total. The summed E-state index contributed by atoms with van der Waals surface area (Å²) < 4.78 is 15.0. The first-order valence-electron chi connectivity index (χ1n) is 16.8. The average Bonchev–Trinajstić information content (AvgIpc) is 3.49. The molecule has 0 spiro atoms. The number of benzene rings is 3. The third-order valence-corrected chi connectivity index (χ3v) is 8.80. The third-order valence-electron chi connectivity index (χ3n) is 8.80. The number of hydrogen-bond acceptors (Lipinski definition) is 5. The molecular formula is C38H44FN5O4. The number of amides is 3. The van der Waals surface area contributed by atoms with Crippen molar-refractivity contribution in [2.75, 3.05) is 25.0 Å². The lowest BCUT2D eigenvalue weighted by Gasteiger charge is -2.36. The number of aryl methyl sites for hydroxylation is 1. The zero-order valence-electron chi connectivity index (χ0n) is 27.9. The maximum atomic E-state index is 14.5. The minimum absolute atomic E-state index is 0.0249. The van der Waals surface area contributed by atoms with Crippen LogP contribution in [0.5, 0.6) is 0 Å². The molecule has 0 aliphatic carbocycles. The number of unbranched alkanes of at least 4 members (excludes halogenated alkanes) is 2. The van der Waals surface area contributed by atoms with Crippen LogP contribution < -0.4 is 5.32 Å². The number of carbonyl (C=O) groups is 3. The Hall–Kier alpha value is -4.83. The smallest absolute Gasteiger partial charge is 0.274 e. The summed E-state index contributed by atoms with van der Waals surface area (Å²) in [5.74, 6) is -1.18. The zero-order chi connectivity index (χ0) is 34.2. The molecule has 4 aromatic rings. The van der Waals surface area contributed by atoms with Gasteiger partial charge in [-0.1, -0.05) is 63.1 Å². The highest BCUT2D eigenvalue weighted by Crippen LogP contribution is 2.29. The van der Waals surface area contributed by atoms with E-state index in [1.165, 1.54) is 12.1 Å². The maximum absolute atomic E-state index is 14.5. The Labute approximate surface area is 281 Å². The van der Waals surface area contributed by atoms with Crippen LogP contribution in [0.15, 0.2) is 72.8 Å². The number of aromatic nitrogens is 2. The van der Waals surface area contributed by atoms with Crippen LogP contribution >= 0.6 is 0 Å². The van der Waals surface area contributed by atoms with Gasteiger partial charge in [0.2, 0.25) is 5.91 Å². The van der Waals surface area contributed by atoms with E-state index in [4.69, 9.17) is 5.10 Å². The highest BCUT2D eigenvalue weighted by atomic mass is 19.1. The second-order valence-corrected chi connectivity index (χ2v) is 12.4. The summed E-state index contributed by atoms with van der Waals surface area (Å²) in [5, 5.41) is 17.9. The van der Waals surface area contributed by atoms with Gasteiger partial charge in [-0.2, -0.15) is 5.10 Å². The minimum atomic E-state index is -0.446. The van der Waals surface area contributed by atoms with Crippen molar-refractivity contribution >= 4 is 23.4 Å². The summed E-state index contributed by atoms with van der Waals surface area (Å²) in [4.78, 5) is 44.6. The zero-order valence-corrected chi connectivity index (χ0v) is 27.9. The van der Waals surface area contributed by atoms with E-state index in [9.17, 15) is 23.9 Å². The van der Waals surface area contributed by atoms with Gasteiger partial charge in [-0.25, -0.2) is 9.07 Å². The predicted molar refractivity (Wildman–Crippen MR) is 184 cm³/mol. The summed E-state index contributed by atoms with van der Waals surface area (Å²) in [7, 11) is 0. The van der Waals surface area contributed by atoms with Gasteiger partial charge in [-0.15, -0.1) is 0 Å². The van der Waals surface area contributed by atoms with E-state index in [-0.39, 0.29) is 42.1 Å². The molecule has 2 heterocycles. The van der Waals surface area contributed by atoms with Gasteiger partial charge in [0.15, 0.2) is 5.69 Å². The van der Waals surface area contributed by atoms with Crippen LogP contribution in [0, 0.1) is 12.7 Å². The highest BCUT2D eigenvalue weighted by molar-refractivity contribution is 6.01. The SMILES string of the molecule is CCCCN(CCCC)C(=O)c1cc(C)n(-c2ccc(NC(=O)Cc3ccc(F)cc3)cc2C(=O)N2Cc3ccccc3CC2CO)n1. The Balaban J connectivity index is 1.51. The van der Waals surface area contributed by atoms with Crippen LogP contribution in [0.1, 0.15) is 82.8 Å². The first-order chi connectivity index (χ1) is 23.2. The normalized spacial score (nSPS) is 14.0. The van der Waals surface area contributed by atoms with Gasteiger partial charge < -0.3 is 20.2 Å². The molecule has 0 saturated carbocycles. The standard InChI is InChI=1S/C38H44FN5O4/c1-4-6-18-42(19-7-5-2)38(48)34-20-26(3)44(41-34)35-17-16-31(40-36(46)21-27-12-14-30(39)15-13-27)23-33(35)37(47)43-24-29-11-9-8-10-28(29)22-32(43)25-45/h8-17,20,23,32,45H,4-7,18-19,21-22,24-25H2,1-3H3,(H,40,46). The Morgan fingerprint density at radius 3 is 2.31 bits per heavy atom. The number of hydrogen-bond donors (Lipinski definition) is 2. The molecule has 1 aromatic heterocycles. The molecule has 3 aromatic carbocycles. The number of fused-ring (bicyclic) bond motifs is 1. The molecule has 1 atom stereocenters. The number of halogens is 1. The molecule has 5 rings (SSSR count). The number of rotatable bonds is 13. The van der Waals surface area contributed by atoms with Gasteiger partial charge in [-0.05, 0) is 79.3 Å². The molecule has 1 aliphatic rings. The fraction of sp³-hybridized carbons (Fsp3) is 0.368. The summed E-state index contributed by atoms with van der Waals surface area (Å²) in [5.41, 5.74) is 4.84. The van der Waals surface area contributed by atoms with E-state index in [1.54, 1.807) is 46.0 Å². The summed E-state index contributed by atoms with van der Waals surface area (Å²) in [6.07, 6.45) is 4.26. The Morgan fingerprint density at radius 1 is 0.958 bits per heavy atom. The fourth-order valence-corrected chi connectivity index (χ4v) is 6.10. The van der Waals surface area contributed by atoms with Crippen molar-refractivity contribution in [2.24, 2.45) is 0 Å². The molecule has 0 saturated heterocycles. The Kier molecular flexibility index (Phi) is 11.4. The van der Waals surface area contributed by atoms with Crippen molar-refractivity contribution in [3.63, 3.8) is 0 Å². The van der Waals surface area contributed by atoms with Crippen molar-refractivity contribution in [2.45, 2.75) is 71.9 Å². The predicted octanol–water partition coefficient (Wildman–Crippen LogP) is 6.10. The molecule has 3 amide bonds. The average molecular weight is 654 g/mol. The van der Waals surface area contributed by atoms with Crippen molar-refractivity contribution in [1.29, 1.82) is 0 Å². The van der Waals surface area contributed by atoms with E-state index >= 15 is 0 Å². The monoisotopic (exact) mass is 653 g/mol. The van der Waals surface area contributed by atoms with E-state index in [0.29, 0.717) is 54.4 Å². The van der Waals surface area contributed by atoms with Crippen LogP contribution in [-0.4, -0.2) is 68.1 Å². The number of nitrogens with zero attached hydrogens (tertiary/aromatic N) is 4. The topological polar surface area (TPSA) is 108 Å². The molecule has 0 bridgehead atoms. The minimum Gasteiger partial charge on any atom is -0.394 e. The van der Waals surface area contributed by atoms with E-state index in [2.05, 4.69) is 19.2 Å². The lowest BCUT2D eigenvalue weighted by atomic mass is 9.93. The van der Waals surface area contributed by atoms with Crippen LogP contribution in [0.4, 0.5) is 10.1 Å². The molecule has 0 radical (unpaired) electrons. The lowest BCUT2D eigenvalue weighted by molar-refractivity contribution is -0.115. The first-order valence-corrected chi connectivity index (χ1v) is 16.8. The summed E-state index contributed by atoms with van der Waals surface area (Å²) in [6.45, 7) is 7.42. The molecule has 1 unspecified atom stereocenters. The Morgan fingerprint density at radius 2 is 1.65 bits per heavy atom. The second-order valence-electron chi connectivity index (χ2n) is 12.4. The lowest BCUT2D eigenvalue weighted by Crippen LogP contribution is -2.46. The van der Waals surface area contributed by atoms with Gasteiger partial charge in [0.25, 0.3) is 11.8 Å². The van der Waals surface area contributed by atoms with Crippen molar-refractivity contribution in [3.8, 4) is 5.69 Å². The number of carbonyl (C=O) groups excluding carboxylic acids is 3. The third kappa shape index (κ3) is 7.99. The number of nitrogens with one attached hydrogen (secondary N) is 1. The van der Waals surface area contributed by atoms with Crippen LogP contribution in [0.2, 0.25) is 0 Å². The van der Waals surface area contributed by atoms with Gasteiger partial charge in [0, 0.05) is 31.0 Å². The van der Waals surface area contributed by atoms with E-state index in [1.807, 2.05) is 36.1 Å². The first kappa shape index (κ1) is 34.5. The van der Waals surface area contributed by atoms with Crippen molar-refractivity contribution < 1.29 is 23.9 Å². The van der Waals surface area contributed by atoms with E-state index < -0.39 is 6.04 Å². The van der Waals surface area contributed by atoms with E-state index in [0.717, 1.165) is 36.8 Å². The summed E-state index contributed by atoms with van der Waals surface area (Å²) in [6, 6.07) is 19.9. The number of anilines is 1. The van der Waals surface area contributed by atoms with Crippen LogP contribution in [-0.2, 0) is 24.2 Å². The fourth-order valence-electron chi connectivity index (χ4n) is 6.10. The largest absolute Gasteiger partial charge is 0.394 e. The molecule has 252 valence electrons. The molecule has 1 aliphatic heterocycles. The molecular weight excluding hydrogens is 609 g/mol. The van der Waals surface area contributed by atoms with Gasteiger partial charge in [0.05, 0.1) is 30.3 Å². The van der Waals surface area contributed by atoms with Crippen LogP contribution in [0.25, 0.3) is 5.69 Å². The molecule has 2 N–H and O–H groups in total. The molecule has 10 heteroatoms. The summed E-state index contributed by atoms with van der Waals surface area (Å²) >= 11 is 0. The Bertz CT molecular complexity index is 1740. The molecule has 0 fully saturated rings. The number of aliphatic hydroxyl groups is 1. The van der Waals surface area contributed by atoms with Gasteiger partial charge >= 0.3 is 0 Å². The second kappa shape index (κ2) is 15.8. The highest BCUT2D eigenvalue weighted by Gasteiger charge is 2.32. The van der Waals surface area contributed by atoms with Crippen molar-refractivity contribution in [1.82, 2.24) is 19.6 Å². The maximum Gasteiger partial charge on any atom is 0.274 e.